The molecule has 20 heavy (non-hydrogen) atoms. The van der Waals surface area contributed by atoms with Crippen LogP contribution in [0.2, 0.25) is 0 Å². The number of likely N-dealkylation sites (N-methyl/N-ethyl adjacent to an activating group) is 2. The van der Waals surface area contributed by atoms with E-state index in [1.54, 1.807) is 0 Å². The second-order valence-electron chi connectivity index (χ2n) is 5.69. The smallest absolute Gasteiger partial charge is 0.0739 e. The molecule has 0 aromatic carbocycles. The fourth-order valence-electron chi connectivity index (χ4n) is 2.72. The molecule has 0 saturated carbocycles. The number of hydrogen-bond acceptors (Lipinski definition) is 4. The summed E-state index contributed by atoms with van der Waals surface area (Å²) in [6, 6.07) is 0.589. The van der Waals surface area contributed by atoms with Crippen LogP contribution in [0.4, 0.5) is 0 Å². The van der Waals surface area contributed by atoms with Gasteiger partial charge in [-0.05, 0) is 43.9 Å². The molecule has 1 N–H and O–H groups in total. The summed E-state index contributed by atoms with van der Waals surface area (Å²) in [7, 11) is 4.42. The van der Waals surface area contributed by atoms with Gasteiger partial charge in [0.25, 0.3) is 0 Å². The summed E-state index contributed by atoms with van der Waals surface area (Å²) in [6.45, 7) is 10.4. The second-order valence-corrected chi connectivity index (χ2v) is 6.48. The zero-order valence-electron chi connectivity index (χ0n) is 13.0. The van der Waals surface area contributed by atoms with Crippen LogP contribution in [0.1, 0.15) is 18.3 Å². The average Bonchev–Trinajstić information content (AvgIpc) is 2.70. The normalized spacial score (nSPS) is 21.6. The number of halogens is 1. The summed E-state index contributed by atoms with van der Waals surface area (Å²) in [5, 5.41) is 8.12. The number of aromatic nitrogens is 2. The van der Waals surface area contributed by atoms with E-state index in [0.717, 1.165) is 42.9 Å². The Morgan fingerprint density at radius 1 is 1.35 bits per heavy atom. The summed E-state index contributed by atoms with van der Waals surface area (Å²) < 4.78 is 3.21. The number of aryl methyl sites for hydroxylation is 2. The molecule has 1 aromatic heterocycles. The van der Waals surface area contributed by atoms with Crippen LogP contribution in [0, 0.1) is 6.92 Å². The predicted octanol–water partition coefficient (Wildman–Crippen LogP) is 1.31. The van der Waals surface area contributed by atoms with Crippen molar-refractivity contribution in [2.45, 2.75) is 33.0 Å². The van der Waals surface area contributed by atoms with Gasteiger partial charge in [0.2, 0.25) is 0 Å². The Bertz CT molecular complexity index is 445. The molecule has 6 heteroatoms. The van der Waals surface area contributed by atoms with Gasteiger partial charge < -0.3 is 10.2 Å². The van der Waals surface area contributed by atoms with Gasteiger partial charge in [0, 0.05) is 45.3 Å². The lowest BCUT2D eigenvalue weighted by Crippen LogP contribution is -2.53. The Labute approximate surface area is 130 Å². The van der Waals surface area contributed by atoms with Gasteiger partial charge in [-0.15, -0.1) is 0 Å². The van der Waals surface area contributed by atoms with Crippen molar-refractivity contribution >= 4 is 15.9 Å². The molecule has 1 saturated heterocycles. The molecule has 1 aliphatic heterocycles. The summed E-state index contributed by atoms with van der Waals surface area (Å²) in [5.74, 6) is 0. The molecule has 0 radical (unpaired) electrons. The first kappa shape index (κ1) is 15.9. The fraction of sp³-hybridized carbons (Fsp3) is 0.786. The van der Waals surface area contributed by atoms with Crippen LogP contribution in [-0.4, -0.2) is 65.9 Å². The topological polar surface area (TPSA) is 36.3 Å². The highest BCUT2D eigenvalue weighted by Gasteiger charge is 2.22. The molecule has 1 aliphatic rings. The summed E-state index contributed by atoms with van der Waals surface area (Å²) in [4.78, 5) is 4.85. The van der Waals surface area contributed by atoms with Crippen LogP contribution in [0.3, 0.4) is 0 Å². The summed E-state index contributed by atoms with van der Waals surface area (Å²) in [5.41, 5.74) is 2.31. The monoisotopic (exact) mass is 343 g/mol. The molecule has 1 aromatic rings. The molecule has 1 atom stereocenters. The van der Waals surface area contributed by atoms with Crippen molar-refractivity contribution in [1.82, 2.24) is 24.9 Å². The largest absolute Gasteiger partial charge is 0.310 e. The number of rotatable bonds is 5. The third-order valence-corrected chi connectivity index (χ3v) is 5.14. The highest BCUT2D eigenvalue weighted by atomic mass is 79.9. The minimum atomic E-state index is 0.589. The quantitative estimate of drug-likeness (QED) is 0.874. The lowest BCUT2D eigenvalue weighted by molar-refractivity contribution is 0.113. The summed E-state index contributed by atoms with van der Waals surface area (Å²) >= 11 is 3.65. The first-order valence-corrected chi connectivity index (χ1v) is 8.13. The fourth-order valence-corrected chi connectivity index (χ4v) is 3.14. The maximum atomic E-state index is 4.53. The van der Waals surface area contributed by atoms with Gasteiger partial charge in [-0.3, -0.25) is 9.58 Å². The molecule has 1 unspecified atom stereocenters. The lowest BCUT2D eigenvalue weighted by Gasteiger charge is -2.37. The highest BCUT2D eigenvalue weighted by molar-refractivity contribution is 9.10. The lowest BCUT2D eigenvalue weighted by atomic mass is 10.2. The Kier molecular flexibility index (Phi) is 5.60. The first-order valence-electron chi connectivity index (χ1n) is 7.34. The van der Waals surface area contributed by atoms with Crippen molar-refractivity contribution in [2.24, 2.45) is 0 Å². The van der Waals surface area contributed by atoms with E-state index in [9.17, 15) is 0 Å². The Morgan fingerprint density at radius 3 is 2.80 bits per heavy atom. The molecule has 5 nitrogen and oxygen atoms in total. The zero-order chi connectivity index (χ0) is 14.7. The molecule has 2 rings (SSSR count). The maximum absolute atomic E-state index is 4.53. The van der Waals surface area contributed by atoms with Crippen LogP contribution < -0.4 is 5.32 Å². The van der Waals surface area contributed by atoms with Gasteiger partial charge in [0.05, 0.1) is 15.9 Å². The molecule has 0 amide bonds. The zero-order valence-corrected chi connectivity index (χ0v) is 14.6. The van der Waals surface area contributed by atoms with Crippen molar-refractivity contribution in [1.29, 1.82) is 0 Å². The number of nitrogens with zero attached hydrogens (tertiary/aromatic N) is 4. The van der Waals surface area contributed by atoms with Crippen molar-refractivity contribution in [3.05, 3.63) is 15.9 Å². The Balaban J connectivity index is 1.89. The summed E-state index contributed by atoms with van der Waals surface area (Å²) in [6.07, 6.45) is 0. The molecular formula is C14H26BrN5. The number of piperazine rings is 1. The van der Waals surface area contributed by atoms with Crippen molar-refractivity contribution in [3.8, 4) is 0 Å². The molecule has 1 fully saturated rings. The molecule has 2 heterocycles. The molecule has 114 valence electrons. The molecular weight excluding hydrogens is 318 g/mol. The van der Waals surface area contributed by atoms with E-state index >= 15 is 0 Å². The average molecular weight is 344 g/mol. The maximum Gasteiger partial charge on any atom is 0.0739 e. The van der Waals surface area contributed by atoms with Gasteiger partial charge in [0.1, 0.15) is 0 Å². The number of hydrogen-bond donors (Lipinski definition) is 1. The minimum absolute atomic E-state index is 0.589. The van der Waals surface area contributed by atoms with Gasteiger partial charge in [0.15, 0.2) is 0 Å². The first-order chi connectivity index (χ1) is 9.52. The second kappa shape index (κ2) is 7.02. The van der Waals surface area contributed by atoms with E-state index in [2.05, 4.69) is 61.8 Å². The van der Waals surface area contributed by atoms with E-state index in [0.29, 0.717) is 6.04 Å². The van der Waals surface area contributed by atoms with Crippen LogP contribution in [0.15, 0.2) is 4.47 Å². The third-order valence-electron chi connectivity index (χ3n) is 4.11. The van der Waals surface area contributed by atoms with Crippen molar-refractivity contribution in [3.63, 3.8) is 0 Å². The van der Waals surface area contributed by atoms with Crippen molar-refractivity contribution in [2.75, 3.05) is 40.3 Å². The standard InChI is InChI=1S/C14H26BrN5/c1-5-20-13(14(15)11(2)17-20)9-16-8-12-10-18(3)6-7-19(12)4/h12,16H,5-10H2,1-4H3. The van der Waals surface area contributed by atoms with E-state index in [-0.39, 0.29) is 0 Å². The third kappa shape index (κ3) is 3.61. The van der Waals surface area contributed by atoms with Gasteiger partial charge in [-0.1, -0.05) is 0 Å². The van der Waals surface area contributed by atoms with Crippen LogP contribution >= 0.6 is 15.9 Å². The van der Waals surface area contributed by atoms with E-state index < -0.39 is 0 Å². The molecule has 0 bridgehead atoms. The molecule has 0 spiro atoms. The van der Waals surface area contributed by atoms with E-state index in [1.807, 2.05) is 6.92 Å². The van der Waals surface area contributed by atoms with E-state index in [4.69, 9.17) is 0 Å². The van der Waals surface area contributed by atoms with Gasteiger partial charge in [-0.25, -0.2) is 0 Å². The number of nitrogens with one attached hydrogen (secondary N) is 1. The van der Waals surface area contributed by atoms with Gasteiger partial charge in [-0.2, -0.15) is 5.10 Å². The van der Waals surface area contributed by atoms with E-state index in [1.165, 1.54) is 12.2 Å². The van der Waals surface area contributed by atoms with Crippen LogP contribution in [0.5, 0.6) is 0 Å². The highest BCUT2D eigenvalue weighted by Crippen LogP contribution is 2.20. The predicted molar refractivity (Wildman–Crippen MR) is 86.0 cm³/mol. The Morgan fingerprint density at radius 2 is 2.10 bits per heavy atom. The van der Waals surface area contributed by atoms with Gasteiger partial charge >= 0.3 is 0 Å². The Hall–Kier alpha value is -0.430. The molecule has 0 aliphatic carbocycles. The SMILES string of the molecule is CCn1nc(C)c(Br)c1CNCC1CN(C)CCN1C. The minimum Gasteiger partial charge on any atom is -0.310 e. The van der Waals surface area contributed by atoms with Crippen LogP contribution in [-0.2, 0) is 13.1 Å². The van der Waals surface area contributed by atoms with Crippen molar-refractivity contribution < 1.29 is 0 Å². The van der Waals surface area contributed by atoms with Crippen LogP contribution in [0.25, 0.3) is 0 Å².